The van der Waals surface area contributed by atoms with Gasteiger partial charge in [0.1, 0.15) is 22.9 Å². The summed E-state index contributed by atoms with van der Waals surface area (Å²) in [7, 11) is 0. The van der Waals surface area contributed by atoms with Crippen molar-refractivity contribution >= 4 is 39.5 Å². The molecule has 34 heavy (non-hydrogen) atoms. The first-order valence-electron chi connectivity index (χ1n) is 11.8. The summed E-state index contributed by atoms with van der Waals surface area (Å²) < 4.78 is 7.75. The van der Waals surface area contributed by atoms with E-state index in [1.165, 1.54) is 0 Å². The van der Waals surface area contributed by atoms with Gasteiger partial charge in [-0.05, 0) is 31.0 Å². The van der Waals surface area contributed by atoms with Crippen LogP contribution in [-0.4, -0.2) is 40.7 Å². The Kier molecular flexibility index (Phi) is 5.15. The van der Waals surface area contributed by atoms with Gasteiger partial charge < -0.3 is 14.6 Å². The Bertz CT molecular complexity index is 1470. The van der Waals surface area contributed by atoms with Crippen molar-refractivity contribution in [3.63, 3.8) is 0 Å². The molecule has 1 saturated heterocycles. The highest BCUT2D eigenvalue weighted by molar-refractivity contribution is 5.85. The Labute approximate surface area is 196 Å². The second-order valence-electron chi connectivity index (χ2n) is 8.95. The van der Waals surface area contributed by atoms with Crippen LogP contribution >= 0.6 is 0 Å². The maximum atomic E-state index is 13.0. The number of nitriles is 1. The van der Waals surface area contributed by atoms with E-state index in [1.54, 1.807) is 16.8 Å². The molecule has 2 fully saturated rings. The molecule has 1 saturated carbocycles. The first kappa shape index (κ1) is 20.7. The number of benzene rings is 1. The average Bonchev–Trinajstić information content (AvgIpc) is 3.53. The topological polar surface area (TPSA) is 112 Å². The van der Waals surface area contributed by atoms with Gasteiger partial charge in [-0.15, -0.1) is 0 Å². The van der Waals surface area contributed by atoms with E-state index in [1.807, 2.05) is 12.1 Å². The normalized spacial score (nSPS) is 16.9. The van der Waals surface area contributed by atoms with E-state index in [0.717, 1.165) is 68.5 Å². The SMILES string of the molecule is N#Cc1cc2cnc(Nc3cc4ccc(N5CCNCC5)cc4o3)nc2n(C2CCCC2)c1=O. The average molecular weight is 456 g/mol. The third kappa shape index (κ3) is 3.66. The molecule has 0 unspecified atom stereocenters. The van der Waals surface area contributed by atoms with Crippen LogP contribution < -0.4 is 21.1 Å². The zero-order chi connectivity index (χ0) is 23.1. The summed E-state index contributed by atoms with van der Waals surface area (Å²) >= 11 is 0. The molecule has 9 nitrogen and oxygen atoms in total. The van der Waals surface area contributed by atoms with Crippen LogP contribution in [0.1, 0.15) is 37.3 Å². The number of nitrogens with one attached hydrogen (secondary N) is 2. The molecule has 2 N–H and O–H groups in total. The van der Waals surface area contributed by atoms with Gasteiger partial charge in [0.2, 0.25) is 11.8 Å². The molecule has 172 valence electrons. The number of furan rings is 1. The van der Waals surface area contributed by atoms with Crippen LogP contribution in [0.25, 0.3) is 22.0 Å². The van der Waals surface area contributed by atoms with Crippen molar-refractivity contribution in [1.82, 2.24) is 19.9 Å². The third-order valence-electron chi connectivity index (χ3n) is 6.80. The Morgan fingerprint density at radius 1 is 1.12 bits per heavy atom. The molecule has 0 amide bonds. The van der Waals surface area contributed by atoms with Crippen molar-refractivity contribution in [1.29, 1.82) is 5.26 Å². The summed E-state index contributed by atoms with van der Waals surface area (Å²) in [6, 6.07) is 11.8. The number of aromatic nitrogens is 3. The van der Waals surface area contributed by atoms with Gasteiger partial charge in [-0.25, -0.2) is 4.98 Å². The summed E-state index contributed by atoms with van der Waals surface area (Å²) in [5.74, 6) is 0.889. The van der Waals surface area contributed by atoms with Crippen LogP contribution in [0.5, 0.6) is 0 Å². The van der Waals surface area contributed by atoms with Gasteiger partial charge >= 0.3 is 0 Å². The van der Waals surface area contributed by atoms with Crippen LogP contribution in [-0.2, 0) is 0 Å². The van der Waals surface area contributed by atoms with Crippen molar-refractivity contribution in [2.24, 2.45) is 0 Å². The molecule has 0 radical (unpaired) electrons. The van der Waals surface area contributed by atoms with Crippen molar-refractivity contribution < 1.29 is 4.42 Å². The molecule has 2 aliphatic rings. The molecular weight excluding hydrogens is 430 g/mol. The zero-order valence-corrected chi connectivity index (χ0v) is 18.8. The maximum absolute atomic E-state index is 13.0. The number of piperazine rings is 1. The largest absolute Gasteiger partial charge is 0.440 e. The predicted octanol–water partition coefficient (Wildman–Crippen LogP) is 3.68. The van der Waals surface area contributed by atoms with E-state index in [-0.39, 0.29) is 17.2 Å². The number of hydrogen-bond donors (Lipinski definition) is 2. The summed E-state index contributed by atoms with van der Waals surface area (Å²) in [6.45, 7) is 3.89. The number of hydrogen-bond acceptors (Lipinski definition) is 8. The lowest BCUT2D eigenvalue weighted by Crippen LogP contribution is -2.43. The summed E-state index contributed by atoms with van der Waals surface area (Å²) in [4.78, 5) is 24.4. The minimum absolute atomic E-state index is 0.0562. The van der Waals surface area contributed by atoms with E-state index in [0.29, 0.717) is 22.9 Å². The highest BCUT2D eigenvalue weighted by atomic mass is 16.3. The lowest BCUT2D eigenvalue weighted by Gasteiger charge is -2.29. The van der Waals surface area contributed by atoms with Gasteiger partial charge in [0.15, 0.2) is 0 Å². The number of pyridine rings is 1. The van der Waals surface area contributed by atoms with E-state index in [9.17, 15) is 10.1 Å². The van der Waals surface area contributed by atoms with Gasteiger partial charge in [-0.1, -0.05) is 12.8 Å². The second kappa shape index (κ2) is 8.47. The highest BCUT2D eigenvalue weighted by Gasteiger charge is 2.23. The maximum Gasteiger partial charge on any atom is 0.270 e. The van der Waals surface area contributed by atoms with Crippen LogP contribution in [0.15, 0.2) is 45.7 Å². The number of nitrogens with zero attached hydrogens (tertiary/aromatic N) is 5. The van der Waals surface area contributed by atoms with Crippen molar-refractivity contribution in [2.75, 3.05) is 36.4 Å². The molecule has 3 aromatic heterocycles. The first-order chi connectivity index (χ1) is 16.7. The lowest BCUT2D eigenvalue weighted by atomic mass is 10.2. The standard InChI is InChI=1S/C25H25N7O2/c26-14-17-11-18-15-28-25(30-23(18)32(24(17)33)19-3-1-2-4-19)29-22-12-16-5-6-20(13-21(16)34-22)31-9-7-27-8-10-31/h5-6,11-13,15,19,27H,1-4,7-10H2,(H,28,29,30). The van der Waals surface area contributed by atoms with Gasteiger partial charge in [0.05, 0.1) is 0 Å². The fourth-order valence-corrected chi connectivity index (χ4v) is 5.07. The number of rotatable bonds is 4. The Morgan fingerprint density at radius 2 is 1.94 bits per heavy atom. The number of anilines is 3. The molecule has 0 bridgehead atoms. The Hall–Kier alpha value is -3.90. The van der Waals surface area contributed by atoms with E-state index in [2.05, 4.69) is 43.7 Å². The molecule has 0 atom stereocenters. The van der Waals surface area contributed by atoms with Crippen LogP contribution in [0.3, 0.4) is 0 Å². The molecular formula is C25H25N7O2. The summed E-state index contributed by atoms with van der Waals surface area (Å²) in [5, 5.41) is 17.6. The minimum atomic E-state index is -0.282. The summed E-state index contributed by atoms with van der Waals surface area (Å²) in [5.41, 5.74) is 2.33. The van der Waals surface area contributed by atoms with Crippen molar-refractivity contribution in [3.05, 3.63) is 52.4 Å². The van der Waals surface area contributed by atoms with Gasteiger partial charge in [-0.3, -0.25) is 14.7 Å². The van der Waals surface area contributed by atoms with Gasteiger partial charge in [0, 0.05) is 67.0 Å². The lowest BCUT2D eigenvalue weighted by molar-refractivity contribution is 0.515. The molecule has 9 heteroatoms. The quantitative estimate of drug-likeness (QED) is 0.479. The molecule has 0 spiro atoms. The Balaban J connectivity index is 1.35. The van der Waals surface area contributed by atoms with Crippen molar-refractivity contribution in [2.45, 2.75) is 31.7 Å². The first-order valence-corrected chi connectivity index (χ1v) is 11.8. The second-order valence-corrected chi connectivity index (χ2v) is 8.95. The van der Waals surface area contributed by atoms with Gasteiger partial charge in [-0.2, -0.15) is 10.2 Å². The summed E-state index contributed by atoms with van der Waals surface area (Å²) in [6.07, 6.45) is 5.62. The van der Waals surface area contributed by atoms with E-state index < -0.39 is 0 Å². The van der Waals surface area contributed by atoms with Crippen LogP contribution in [0.2, 0.25) is 0 Å². The van der Waals surface area contributed by atoms with Gasteiger partial charge in [0.25, 0.3) is 5.56 Å². The van der Waals surface area contributed by atoms with Crippen LogP contribution in [0.4, 0.5) is 17.5 Å². The number of fused-ring (bicyclic) bond motifs is 2. The van der Waals surface area contributed by atoms with E-state index >= 15 is 0 Å². The van der Waals surface area contributed by atoms with Crippen LogP contribution in [0, 0.1) is 11.3 Å². The molecule has 4 aromatic rings. The highest BCUT2D eigenvalue weighted by Crippen LogP contribution is 2.32. The molecule has 1 aromatic carbocycles. The van der Waals surface area contributed by atoms with E-state index in [4.69, 9.17) is 4.42 Å². The smallest absolute Gasteiger partial charge is 0.270 e. The fourth-order valence-electron chi connectivity index (χ4n) is 5.07. The Morgan fingerprint density at radius 3 is 2.74 bits per heavy atom. The molecule has 1 aliphatic carbocycles. The van der Waals surface area contributed by atoms with Crippen molar-refractivity contribution in [3.8, 4) is 6.07 Å². The molecule has 6 rings (SSSR count). The minimum Gasteiger partial charge on any atom is -0.440 e. The predicted molar refractivity (Wildman–Crippen MR) is 131 cm³/mol. The zero-order valence-electron chi connectivity index (χ0n) is 18.8. The third-order valence-corrected chi connectivity index (χ3v) is 6.80. The fraction of sp³-hybridized carbons (Fsp3) is 0.360. The molecule has 4 heterocycles. The monoisotopic (exact) mass is 455 g/mol. The molecule has 1 aliphatic heterocycles.